The van der Waals surface area contributed by atoms with E-state index in [0.29, 0.717) is 25.1 Å². The lowest BCUT2D eigenvalue weighted by molar-refractivity contribution is -0.122. The molecule has 1 fully saturated rings. The normalized spacial score (nSPS) is 21.1. The Morgan fingerprint density at radius 1 is 1.19 bits per heavy atom. The van der Waals surface area contributed by atoms with Gasteiger partial charge in [-0.05, 0) is 54.3 Å². The van der Waals surface area contributed by atoms with Gasteiger partial charge in [0.2, 0.25) is 5.91 Å². The third-order valence-electron chi connectivity index (χ3n) is 5.96. The van der Waals surface area contributed by atoms with Crippen LogP contribution >= 0.6 is 0 Å². The van der Waals surface area contributed by atoms with Crippen LogP contribution in [-0.2, 0) is 16.6 Å². The van der Waals surface area contributed by atoms with E-state index in [1.54, 1.807) is 24.0 Å². The van der Waals surface area contributed by atoms with Crippen LogP contribution in [0.3, 0.4) is 0 Å². The fourth-order valence-electron chi connectivity index (χ4n) is 4.31. The fraction of sp³-hybridized carbons (Fsp3) is 0.364. The zero-order valence-electron chi connectivity index (χ0n) is 16.0. The molecule has 5 nitrogen and oxygen atoms in total. The highest BCUT2D eigenvalue weighted by atomic mass is 16.5. The minimum absolute atomic E-state index is 0.0127. The first-order chi connectivity index (χ1) is 13.0. The highest BCUT2D eigenvalue weighted by Gasteiger charge is 2.54. The maximum absolute atomic E-state index is 13.1. The molecule has 0 radical (unpaired) electrons. The molecule has 1 spiro atoms. The summed E-state index contributed by atoms with van der Waals surface area (Å²) in [4.78, 5) is 29.6. The third-order valence-corrected chi connectivity index (χ3v) is 5.96. The number of aryl methyl sites for hydroxylation is 1. The number of hydrogen-bond acceptors (Lipinski definition) is 3. The molecule has 2 amide bonds. The molecule has 0 N–H and O–H groups in total. The number of benzene rings is 2. The number of likely N-dealkylation sites (N-methyl/N-ethyl adjacent to an activating group) is 1. The van der Waals surface area contributed by atoms with E-state index in [-0.39, 0.29) is 11.8 Å². The lowest BCUT2D eigenvalue weighted by Gasteiger charge is -2.23. The van der Waals surface area contributed by atoms with Gasteiger partial charge in [-0.15, -0.1) is 0 Å². The van der Waals surface area contributed by atoms with Crippen LogP contribution in [0, 0.1) is 0 Å². The number of hydrogen-bond donors (Lipinski definition) is 0. The number of ether oxygens (including phenoxy) is 1. The highest BCUT2D eigenvalue weighted by Crippen LogP contribution is 2.48. The van der Waals surface area contributed by atoms with Crippen LogP contribution in [0.4, 0.5) is 5.69 Å². The van der Waals surface area contributed by atoms with Gasteiger partial charge in [-0.25, -0.2) is 0 Å². The van der Waals surface area contributed by atoms with E-state index < -0.39 is 5.41 Å². The summed E-state index contributed by atoms with van der Waals surface area (Å²) in [6.07, 6.45) is 1.58. The maximum Gasteiger partial charge on any atom is 0.253 e. The summed E-state index contributed by atoms with van der Waals surface area (Å²) >= 11 is 0. The van der Waals surface area contributed by atoms with Gasteiger partial charge >= 0.3 is 0 Å². The van der Waals surface area contributed by atoms with Crippen molar-refractivity contribution in [2.45, 2.75) is 25.2 Å². The monoisotopic (exact) mass is 364 g/mol. The number of anilines is 1. The Balaban J connectivity index is 1.65. The number of rotatable bonds is 3. The summed E-state index contributed by atoms with van der Waals surface area (Å²) in [5.41, 5.74) is 3.08. The van der Waals surface area contributed by atoms with E-state index in [9.17, 15) is 9.59 Å². The predicted octanol–water partition coefficient (Wildman–Crippen LogP) is 3.02. The Labute approximate surface area is 159 Å². The zero-order chi connectivity index (χ0) is 19.2. The second-order valence-electron chi connectivity index (χ2n) is 7.36. The maximum atomic E-state index is 13.1. The molecule has 2 aliphatic heterocycles. The number of carbonyl (C=O) groups is 2. The first-order valence-corrected chi connectivity index (χ1v) is 9.35. The summed E-state index contributed by atoms with van der Waals surface area (Å²) in [7, 11) is 3.43. The minimum atomic E-state index is -0.669. The van der Waals surface area contributed by atoms with Gasteiger partial charge in [-0.2, -0.15) is 0 Å². The van der Waals surface area contributed by atoms with Crippen LogP contribution in [0.15, 0.2) is 42.5 Å². The Morgan fingerprint density at radius 3 is 2.59 bits per heavy atom. The predicted molar refractivity (Wildman–Crippen MR) is 104 cm³/mol. The molecule has 0 bridgehead atoms. The van der Waals surface area contributed by atoms with Crippen molar-refractivity contribution in [3.05, 3.63) is 59.2 Å². The first-order valence-electron chi connectivity index (χ1n) is 9.35. The minimum Gasteiger partial charge on any atom is -0.497 e. The van der Waals surface area contributed by atoms with Crippen LogP contribution < -0.4 is 9.64 Å². The molecule has 27 heavy (non-hydrogen) atoms. The lowest BCUT2D eigenvalue weighted by atomic mass is 9.81. The van der Waals surface area contributed by atoms with Crippen molar-refractivity contribution >= 4 is 17.5 Å². The Hall–Kier alpha value is -2.82. The molecule has 2 heterocycles. The van der Waals surface area contributed by atoms with Gasteiger partial charge in [-0.1, -0.05) is 19.1 Å². The average molecular weight is 364 g/mol. The van der Waals surface area contributed by atoms with E-state index in [4.69, 9.17) is 4.74 Å². The molecule has 0 aliphatic carbocycles. The quantitative estimate of drug-likeness (QED) is 0.841. The van der Waals surface area contributed by atoms with Crippen molar-refractivity contribution < 1.29 is 14.3 Å². The Morgan fingerprint density at radius 2 is 1.93 bits per heavy atom. The van der Waals surface area contributed by atoms with E-state index in [0.717, 1.165) is 23.4 Å². The van der Waals surface area contributed by atoms with E-state index >= 15 is 0 Å². The molecule has 1 atom stereocenters. The molecule has 5 heteroatoms. The lowest BCUT2D eigenvalue weighted by Crippen LogP contribution is -2.42. The molecule has 0 aromatic heterocycles. The Bertz CT molecular complexity index is 906. The number of methoxy groups -OCH3 is 1. The van der Waals surface area contributed by atoms with Gasteiger partial charge in [0.15, 0.2) is 0 Å². The van der Waals surface area contributed by atoms with E-state index in [2.05, 4.69) is 6.92 Å². The summed E-state index contributed by atoms with van der Waals surface area (Å²) in [6, 6.07) is 13.5. The number of nitrogens with zero attached hydrogens (tertiary/aromatic N) is 2. The number of amides is 2. The summed E-state index contributed by atoms with van der Waals surface area (Å²) in [5.74, 6) is 0.778. The van der Waals surface area contributed by atoms with Crippen LogP contribution in [-0.4, -0.2) is 44.0 Å². The smallest absolute Gasteiger partial charge is 0.253 e. The van der Waals surface area contributed by atoms with Gasteiger partial charge < -0.3 is 14.5 Å². The second-order valence-corrected chi connectivity index (χ2v) is 7.36. The number of carbonyl (C=O) groups excluding carboxylic acids is 2. The highest BCUT2D eigenvalue weighted by molar-refractivity contribution is 6.09. The molecule has 1 saturated heterocycles. The van der Waals surface area contributed by atoms with Crippen molar-refractivity contribution in [3.8, 4) is 5.75 Å². The third kappa shape index (κ3) is 2.60. The van der Waals surface area contributed by atoms with Gasteiger partial charge in [-0.3, -0.25) is 9.59 Å². The van der Waals surface area contributed by atoms with Gasteiger partial charge in [0.25, 0.3) is 5.91 Å². The summed E-state index contributed by atoms with van der Waals surface area (Å²) < 4.78 is 5.37. The van der Waals surface area contributed by atoms with Gasteiger partial charge in [0, 0.05) is 31.4 Å². The molecule has 4 rings (SSSR count). The zero-order valence-corrected chi connectivity index (χ0v) is 16.0. The van der Waals surface area contributed by atoms with Crippen molar-refractivity contribution in [1.29, 1.82) is 0 Å². The largest absolute Gasteiger partial charge is 0.497 e. The van der Waals surface area contributed by atoms with Crippen molar-refractivity contribution in [1.82, 2.24) is 4.90 Å². The van der Waals surface area contributed by atoms with Crippen molar-refractivity contribution in [2.75, 3.05) is 32.1 Å². The topological polar surface area (TPSA) is 49.9 Å². The SMILES string of the molecule is CCc1ccc(C(=O)N2CC[C@@]3(C2)C(=O)N(C)c2ccc(OC)cc23)cc1. The van der Waals surface area contributed by atoms with E-state index in [1.165, 1.54) is 5.56 Å². The van der Waals surface area contributed by atoms with Crippen LogP contribution in [0.1, 0.15) is 34.8 Å². The van der Waals surface area contributed by atoms with Crippen LogP contribution in [0.2, 0.25) is 0 Å². The molecular weight excluding hydrogens is 340 g/mol. The molecule has 2 aliphatic rings. The fourth-order valence-corrected chi connectivity index (χ4v) is 4.31. The number of likely N-dealkylation sites (tertiary alicyclic amines) is 1. The summed E-state index contributed by atoms with van der Waals surface area (Å²) in [6.45, 7) is 3.07. The second kappa shape index (κ2) is 6.41. The van der Waals surface area contributed by atoms with Crippen molar-refractivity contribution in [3.63, 3.8) is 0 Å². The number of fused-ring (bicyclic) bond motifs is 2. The Kier molecular flexibility index (Phi) is 4.17. The van der Waals surface area contributed by atoms with Gasteiger partial charge in [0.05, 0.1) is 12.5 Å². The molecular formula is C22H24N2O3. The standard InChI is InChI=1S/C22H24N2O3/c1-4-15-5-7-16(8-6-15)20(25)24-12-11-22(14-24)18-13-17(27-3)9-10-19(18)23(2)21(22)26/h5-10,13H,4,11-12,14H2,1-3H3/t22-/m0/s1. The van der Waals surface area contributed by atoms with Crippen molar-refractivity contribution in [2.24, 2.45) is 0 Å². The van der Waals surface area contributed by atoms with Crippen LogP contribution in [0.25, 0.3) is 0 Å². The van der Waals surface area contributed by atoms with Crippen LogP contribution in [0.5, 0.6) is 5.75 Å². The van der Waals surface area contributed by atoms with Gasteiger partial charge in [0.1, 0.15) is 5.75 Å². The molecule has 140 valence electrons. The first kappa shape index (κ1) is 17.6. The molecule has 2 aromatic carbocycles. The van der Waals surface area contributed by atoms with E-state index in [1.807, 2.05) is 42.5 Å². The average Bonchev–Trinajstić information content (AvgIpc) is 3.25. The molecule has 0 unspecified atom stereocenters. The molecule has 0 saturated carbocycles. The molecule has 2 aromatic rings. The summed E-state index contributed by atoms with van der Waals surface area (Å²) in [5, 5.41) is 0.